The molecule has 120 valence electrons. The standard InChI is InChI=1S/C18H27N3O/c1-19-13-15-8-11-20(12-9-15)14-18(22)21-10-4-6-16-5-2-3-7-17(16)21/h2-3,5,7,15,19H,4,6,8-14H2,1H3. The van der Waals surface area contributed by atoms with E-state index in [0.29, 0.717) is 6.54 Å². The lowest BCUT2D eigenvalue weighted by Gasteiger charge is -2.34. The van der Waals surface area contributed by atoms with E-state index in [1.807, 2.05) is 18.0 Å². The number of benzene rings is 1. The van der Waals surface area contributed by atoms with E-state index < -0.39 is 0 Å². The quantitative estimate of drug-likeness (QED) is 0.922. The van der Waals surface area contributed by atoms with Crippen LogP contribution >= 0.6 is 0 Å². The molecule has 2 aliphatic heterocycles. The lowest BCUT2D eigenvalue weighted by molar-refractivity contribution is -0.120. The molecule has 0 radical (unpaired) electrons. The van der Waals surface area contributed by atoms with Crippen LogP contribution in [-0.4, -0.2) is 50.6 Å². The number of carbonyl (C=O) groups is 1. The number of para-hydroxylation sites is 1. The van der Waals surface area contributed by atoms with Crippen LogP contribution in [0.25, 0.3) is 0 Å². The number of nitrogens with one attached hydrogen (secondary N) is 1. The molecule has 0 bridgehead atoms. The van der Waals surface area contributed by atoms with Crippen molar-refractivity contribution >= 4 is 11.6 Å². The molecule has 1 N–H and O–H groups in total. The zero-order valence-corrected chi connectivity index (χ0v) is 13.6. The lowest BCUT2D eigenvalue weighted by atomic mass is 9.97. The molecule has 1 aromatic rings. The van der Waals surface area contributed by atoms with E-state index in [0.717, 1.165) is 50.6 Å². The number of rotatable bonds is 4. The molecule has 0 aromatic heterocycles. The van der Waals surface area contributed by atoms with Gasteiger partial charge in [0.2, 0.25) is 5.91 Å². The number of aryl methyl sites for hydroxylation is 1. The van der Waals surface area contributed by atoms with Crippen molar-refractivity contribution in [2.45, 2.75) is 25.7 Å². The van der Waals surface area contributed by atoms with Crippen molar-refractivity contribution in [3.05, 3.63) is 29.8 Å². The Morgan fingerprint density at radius 2 is 2.00 bits per heavy atom. The highest BCUT2D eigenvalue weighted by Gasteiger charge is 2.25. The van der Waals surface area contributed by atoms with Crippen molar-refractivity contribution in [3.63, 3.8) is 0 Å². The monoisotopic (exact) mass is 301 g/mol. The van der Waals surface area contributed by atoms with Gasteiger partial charge in [-0.1, -0.05) is 18.2 Å². The number of hydrogen-bond donors (Lipinski definition) is 1. The Bertz CT molecular complexity index is 509. The number of amides is 1. The van der Waals surface area contributed by atoms with Gasteiger partial charge < -0.3 is 10.2 Å². The molecule has 0 atom stereocenters. The molecular formula is C18H27N3O. The summed E-state index contributed by atoms with van der Waals surface area (Å²) in [4.78, 5) is 17.0. The van der Waals surface area contributed by atoms with E-state index in [1.165, 1.54) is 18.4 Å². The average molecular weight is 301 g/mol. The van der Waals surface area contributed by atoms with Crippen LogP contribution in [0.2, 0.25) is 0 Å². The summed E-state index contributed by atoms with van der Waals surface area (Å²) in [6.45, 7) is 4.63. The van der Waals surface area contributed by atoms with Crippen LogP contribution < -0.4 is 10.2 Å². The van der Waals surface area contributed by atoms with Crippen molar-refractivity contribution in [2.75, 3.05) is 44.7 Å². The fourth-order valence-corrected chi connectivity index (χ4v) is 3.71. The predicted molar refractivity (Wildman–Crippen MR) is 90.2 cm³/mol. The summed E-state index contributed by atoms with van der Waals surface area (Å²) in [5, 5.41) is 3.26. The third kappa shape index (κ3) is 3.50. The summed E-state index contributed by atoms with van der Waals surface area (Å²) >= 11 is 0. The van der Waals surface area contributed by atoms with Gasteiger partial charge in [-0.2, -0.15) is 0 Å². The first-order chi connectivity index (χ1) is 10.8. The van der Waals surface area contributed by atoms with E-state index in [4.69, 9.17) is 0 Å². The van der Waals surface area contributed by atoms with Crippen LogP contribution in [0.1, 0.15) is 24.8 Å². The van der Waals surface area contributed by atoms with Gasteiger partial charge in [0, 0.05) is 12.2 Å². The first-order valence-corrected chi connectivity index (χ1v) is 8.53. The highest BCUT2D eigenvalue weighted by Crippen LogP contribution is 2.27. The maximum Gasteiger partial charge on any atom is 0.241 e. The predicted octanol–water partition coefficient (Wildman–Crippen LogP) is 1.90. The summed E-state index contributed by atoms with van der Waals surface area (Å²) in [6.07, 6.45) is 4.57. The molecule has 0 spiro atoms. The van der Waals surface area contributed by atoms with Gasteiger partial charge in [-0.3, -0.25) is 9.69 Å². The van der Waals surface area contributed by atoms with E-state index in [-0.39, 0.29) is 5.91 Å². The Balaban J connectivity index is 1.57. The zero-order chi connectivity index (χ0) is 15.4. The molecule has 0 unspecified atom stereocenters. The number of likely N-dealkylation sites (tertiary alicyclic amines) is 1. The van der Waals surface area contributed by atoms with Gasteiger partial charge in [-0.25, -0.2) is 0 Å². The van der Waals surface area contributed by atoms with E-state index in [2.05, 4.69) is 28.4 Å². The first-order valence-electron chi connectivity index (χ1n) is 8.53. The summed E-state index contributed by atoms with van der Waals surface area (Å²) in [7, 11) is 2.02. The third-order valence-corrected chi connectivity index (χ3v) is 4.97. The molecule has 1 aromatic carbocycles. The summed E-state index contributed by atoms with van der Waals surface area (Å²) < 4.78 is 0. The number of anilines is 1. The van der Waals surface area contributed by atoms with Gasteiger partial charge in [-0.15, -0.1) is 0 Å². The summed E-state index contributed by atoms with van der Waals surface area (Å²) in [5.74, 6) is 1.03. The average Bonchev–Trinajstić information content (AvgIpc) is 2.56. The summed E-state index contributed by atoms with van der Waals surface area (Å²) in [6, 6.07) is 8.34. The molecule has 2 aliphatic rings. The Hall–Kier alpha value is -1.39. The highest BCUT2D eigenvalue weighted by atomic mass is 16.2. The van der Waals surface area contributed by atoms with E-state index >= 15 is 0 Å². The van der Waals surface area contributed by atoms with Gasteiger partial charge in [0.05, 0.1) is 6.54 Å². The molecule has 4 heteroatoms. The minimum Gasteiger partial charge on any atom is -0.319 e. The molecule has 4 nitrogen and oxygen atoms in total. The molecule has 2 heterocycles. The highest BCUT2D eigenvalue weighted by molar-refractivity contribution is 5.95. The van der Waals surface area contributed by atoms with Crippen molar-refractivity contribution in [2.24, 2.45) is 5.92 Å². The van der Waals surface area contributed by atoms with Crippen LogP contribution in [0.4, 0.5) is 5.69 Å². The number of piperidine rings is 1. The van der Waals surface area contributed by atoms with Crippen molar-refractivity contribution in [3.8, 4) is 0 Å². The molecule has 1 fully saturated rings. The Morgan fingerprint density at radius 1 is 1.23 bits per heavy atom. The number of hydrogen-bond acceptors (Lipinski definition) is 3. The number of fused-ring (bicyclic) bond motifs is 1. The Labute approximate surface area is 133 Å². The topological polar surface area (TPSA) is 35.6 Å². The SMILES string of the molecule is CNCC1CCN(CC(=O)N2CCCc3ccccc32)CC1. The summed E-state index contributed by atoms with van der Waals surface area (Å²) in [5.41, 5.74) is 2.44. The fraction of sp³-hybridized carbons (Fsp3) is 0.611. The second-order valence-electron chi connectivity index (χ2n) is 6.55. The zero-order valence-electron chi connectivity index (χ0n) is 13.6. The normalized spacial score (nSPS) is 20.0. The Morgan fingerprint density at radius 3 is 2.77 bits per heavy atom. The Kier molecular flexibility index (Phi) is 5.11. The molecule has 3 rings (SSSR count). The molecule has 1 amide bonds. The molecule has 1 saturated heterocycles. The number of carbonyl (C=O) groups excluding carboxylic acids is 1. The van der Waals surface area contributed by atoms with Gasteiger partial charge in [0.1, 0.15) is 0 Å². The van der Waals surface area contributed by atoms with Crippen LogP contribution in [0.15, 0.2) is 24.3 Å². The maximum atomic E-state index is 12.7. The van der Waals surface area contributed by atoms with Crippen LogP contribution in [0, 0.1) is 5.92 Å². The first kappa shape index (κ1) is 15.5. The third-order valence-electron chi connectivity index (χ3n) is 4.97. The second kappa shape index (κ2) is 7.25. The van der Waals surface area contributed by atoms with E-state index in [1.54, 1.807) is 0 Å². The van der Waals surface area contributed by atoms with Gasteiger partial charge in [-0.05, 0) is 69.9 Å². The van der Waals surface area contributed by atoms with Gasteiger partial charge >= 0.3 is 0 Å². The van der Waals surface area contributed by atoms with Gasteiger partial charge in [0.15, 0.2) is 0 Å². The minimum atomic E-state index is 0.263. The lowest BCUT2D eigenvalue weighted by Crippen LogP contribution is -2.45. The van der Waals surface area contributed by atoms with E-state index in [9.17, 15) is 4.79 Å². The van der Waals surface area contributed by atoms with Crippen LogP contribution in [-0.2, 0) is 11.2 Å². The fourth-order valence-electron chi connectivity index (χ4n) is 3.71. The maximum absolute atomic E-state index is 12.7. The van der Waals surface area contributed by atoms with Crippen molar-refractivity contribution < 1.29 is 4.79 Å². The van der Waals surface area contributed by atoms with Crippen molar-refractivity contribution in [1.82, 2.24) is 10.2 Å². The molecular weight excluding hydrogens is 274 g/mol. The second-order valence-corrected chi connectivity index (χ2v) is 6.55. The van der Waals surface area contributed by atoms with Gasteiger partial charge in [0.25, 0.3) is 0 Å². The molecule has 0 aliphatic carbocycles. The largest absolute Gasteiger partial charge is 0.319 e. The number of nitrogens with zero attached hydrogens (tertiary/aromatic N) is 2. The minimum absolute atomic E-state index is 0.263. The van der Waals surface area contributed by atoms with Crippen LogP contribution in [0.3, 0.4) is 0 Å². The smallest absolute Gasteiger partial charge is 0.241 e. The molecule has 0 saturated carbocycles. The molecule has 22 heavy (non-hydrogen) atoms. The van der Waals surface area contributed by atoms with Crippen LogP contribution in [0.5, 0.6) is 0 Å². The van der Waals surface area contributed by atoms with Crippen molar-refractivity contribution in [1.29, 1.82) is 0 Å².